The number of imidazole rings is 1. The average Bonchev–Trinajstić information content (AvgIpc) is 2.97. The van der Waals surface area contributed by atoms with E-state index in [0.29, 0.717) is 6.42 Å². The molecule has 3 rings (SSSR count). The molecule has 0 unspecified atom stereocenters. The minimum atomic E-state index is 0.695. The van der Waals surface area contributed by atoms with Gasteiger partial charge in [0.25, 0.3) is 0 Å². The van der Waals surface area contributed by atoms with Gasteiger partial charge in [-0.2, -0.15) is 5.10 Å². The quantitative estimate of drug-likeness (QED) is 0.781. The van der Waals surface area contributed by atoms with Gasteiger partial charge in [0.05, 0.1) is 12.1 Å². The van der Waals surface area contributed by atoms with Gasteiger partial charge in [0.2, 0.25) is 0 Å². The zero-order valence-corrected chi connectivity index (χ0v) is 12.4. The van der Waals surface area contributed by atoms with E-state index >= 15 is 0 Å². The van der Waals surface area contributed by atoms with Crippen LogP contribution in [0.4, 0.5) is 5.82 Å². The van der Waals surface area contributed by atoms with Gasteiger partial charge in [0, 0.05) is 36.3 Å². The molecule has 1 N–H and O–H groups in total. The zero-order chi connectivity index (χ0) is 14.7. The van der Waals surface area contributed by atoms with Crippen molar-refractivity contribution in [2.45, 2.75) is 26.8 Å². The molecular weight excluding hydrogens is 262 g/mol. The Bertz CT molecular complexity index is 747. The average molecular weight is 281 g/mol. The highest BCUT2D eigenvalue weighted by molar-refractivity contribution is 5.93. The van der Waals surface area contributed by atoms with E-state index in [0.717, 1.165) is 41.2 Å². The lowest BCUT2D eigenvalue weighted by Crippen LogP contribution is -2.07. The molecule has 0 bridgehead atoms. The van der Waals surface area contributed by atoms with Crippen LogP contribution in [-0.2, 0) is 13.0 Å². The molecule has 5 heteroatoms. The second-order valence-corrected chi connectivity index (χ2v) is 4.88. The van der Waals surface area contributed by atoms with Crippen molar-refractivity contribution in [1.29, 1.82) is 0 Å². The number of nitrogens with one attached hydrogen (secondary N) is 1. The predicted molar refractivity (Wildman–Crippen MR) is 84.4 cm³/mol. The van der Waals surface area contributed by atoms with Gasteiger partial charge in [-0.3, -0.25) is 0 Å². The van der Waals surface area contributed by atoms with Crippen LogP contribution in [0.15, 0.2) is 36.7 Å². The van der Waals surface area contributed by atoms with E-state index in [4.69, 9.17) is 0 Å². The van der Waals surface area contributed by atoms with E-state index < -0.39 is 0 Å². The highest BCUT2D eigenvalue weighted by Crippen LogP contribution is 2.24. The summed E-state index contributed by atoms with van der Waals surface area (Å²) in [5.41, 5.74) is 0.966. The summed E-state index contributed by atoms with van der Waals surface area (Å²) in [5.74, 6) is 1.86. The second-order valence-electron chi connectivity index (χ2n) is 4.88. The molecule has 0 aliphatic carbocycles. The first kappa shape index (κ1) is 13.5. The lowest BCUT2D eigenvalue weighted by atomic mass is 10.1. The minimum Gasteiger partial charge on any atom is -0.368 e. The highest BCUT2D eigenvalue weighted by atomic mass is 15.2. The number of hydrogen-bond acceptors (Lipinski definition) is 4. The van der Waals surface area contributed by atoms with Crippen LogP contribution in [0.5, 0.6) is 0 Å². The fraction of sp³-hybridized carbons (Fsp3) is 0.312. The van der Waals surface area contributed by atoms with Crippen LogP contribution in [0, 0.1) is 0 Å². The third-order valence-corrected chi connectivity index (χ3v) is 3.58. The Hall–Kier alpha value is -2.43. The summed E-state index contributed by atoms with van der Waals surface area (Å²) in [6.45, 7) is 5.92. The molecule has 0 fully saturated rings. The number of nitrogens with zero attached hydrogens (tertiary/aromatic N) is 4. The lowest BCUT2D eigenvalue weighted by molar-refractivity contribution is 0.707. The molecule has 21 heavy (non-hydrogen) atoms. The van der Waals surface area contributed by atoms with Crippen LogP contribution in [0.25, 0.3) is 10.8 Å². The highest BCUT2D eigenvalue weighted by Gasteiger charge is 2.11. The number of hydrogen-bond donors (Lipinski definition) is 1. The Labute approximate surface area is 124 Å². The molecule has 3 aromatic rings. The fourth-order valence-corrected chi connectivity index (χ4v) is 2.53. The van der Waals surface area contributed by atoms with Crippen molar-refractivity contribution in [2.75, 3.05) is 11.9 Å². The van der Waals surface area contributed by atoms with E-state index in [1.807, 2.05) is 24.5 Å². The van der Waals surface area contributed by atoms with Gasteiger partial charge in [-0.1, -0.05) is 24.3 Å². The van der Waals surface area contributed by atoms with Crippen molar-refractivity contribution in [3.8, 4) is 0 Å². The van der Waals surface area contributed by atoms with Gasteiger partial charge in [-0.15, -0.1) is 5.10 Å². The maximum absolute atomic E-state index is 4.43. The van der Waals surface area contributed by atoms with Gasteiger partial charge in [0.15, 0.2) is 5.82 Å². The number of fused-ring (bicyclic) bond motifs is 1. The molecule has 108 valence electrons. The Morgan fingerprint density at radius 1 is 1.10 bits per heavy atom. The number of anilines is 1. The van der Waals surface area contributed by atoms with Crippen molar-refractivity contribution in [3.63, 3.8) is 0 Å². The lowest BCUT2D eigenvalue weighted by Gasteiger charge is -2.10. The molecular formula is C16H19N5. The zero-order valence-electron chi connectivity index (χ0n) is 12.4. The van der Waals surface area contributed by atoms with Gasteiger partial charge >= 0.3 is 0 Å². The maximum atomic E-state index is 4.43. The van der Waals surface area contributed by atoms with E-state index in [2.05, 4.69) is 51.0 Å². The summed E-state index contributed by atoms with van der Waals surface area (Å²) < 4.78 is 2.13. The molecule has 0 aliphatic rings. The maximum Gasteiger partial charge on any atom is 0.156 e. The molecule has 2 aromatic heterocycles. The third-order valence-electron chi connectivity index (χ3n) is 3.58. The summed E-state index contributed by atoms with van der Waals surface area (Å²) in [7, 11) is 0. The van der Waals surface area contributed by atoms with Crippen molar-refractivity contribution in [2.24, 2.45) is 0 Å². The van der Waals surface area contributed by atoms with Gasteiger partial charge in [-0.05, 0) is 13.8 Å². The van der Waals surface area contributed by atoms with Gasteiger partial charge in [0.1, 0.15) is 5.82 Å². The van der Waals surface area contributed by atoms with E-state index in [1.54, 1.807) is 0 Å². The van der Waals surface area contributed by atoms with Gasteiger partial charge < -0.3 is 9.88 Å². The Kier molecular flexibility index (Phi) is 3.81. The summed E-state index contributed by atoms with van der Waals surface area (Å²) in [6.07, 6.45) is 4.53. The normalized spacial score (nSPS) is 11.0. The largest absolute Gasteiger partial charge is 0.368 e. The van der Waals surface area contributed by atoms with Crippen molar-refractivity contribution in [3.05, 3.63) is 48.2 Å². The Balaban J connectivity index is 2.05. The minimum absolute atomic E-state index is 0.695. The third kappa shape index (κ3) is 2.59. The summed E-state index contributed by atoms with van der Waals surface area (Å²) in [5, 5.41) is 14.3. The van der Waals surface area contributed by atoms with Gasteiger partial charge in [-0.25, -0.2) is 4.98 Å². The number of benzene rings is 1. The monoisotopic (exact) mass is 281 g/mol. The number of rotatable bonds is 5. The van der Waals surface area contributed by atoms with Crippen molar-refractivity contribution >= 4 is 16.6 Å². The fourth-order valence-electron chi connectivity index (χ4n) is 2.53. The van der Waals surface area contributed by atoms with Crippen LogP contribution in [0.2, 0.25) is 0 Å². The molecule has 5 nitrogen and oxygen atoms in total. The molecule has 0 atom stereocenters. The summed E-state index contributed by atoms with van der Waals surface area (Å²) >= 11 is 0. The van der Waals surface area contributed by atoms with E-state index in [-0.39, 0.29) is 0 Å². The molecule has 0 radical (unpaired) electrons. The SMILES string of the molecule is CCNc1nnc(Cc2nccn2CC)c2ccccc12. The summed E-state index contributed by atoms with van der Waals surface area (Å²) in [4.78, 5) is 4.43. The second kappa shape index (κ2) is 5.91. The Morgan fingerprint density at radius 3 is 2.67 bits per heavy atom. The topological polar surface area (TPSA) is 55.6 Å². The van der Waals surface area contributed by atoms with E-state index in [1.165, 1.54) is 0 Å². The first-order valence-corrected chi connectivity index (χ1v) is 7.31. The molecule has 0 saturated heterocycles. The number of aryl methyl sites for hydroxylation is 1. The molecule has 2 heterocycles. The number of aromatic nitrogens is 4. The van der Waals surface area contributed by atoms with Crippen LogP contribution in [0.1, 0.15) is 25.4 Å². The van der Waals surface area contributed by atoms with Crippen molar-refractivity contribution in [1.82, 2.24) is 19.7 Å². The van der Waals surface area contributed by atoms with Crippen LogP contribution in [-0.4, -0.2) is 26.3 Å². The predicted octanol–water partition coefficient (Wildman–Crippen LogP) is 2.87. The van der Waals surface area contributed by atoms with Crippen molar-refractivity contribution < 1.29 is 0 Å². The molecule has 0 amide bonds. The van der Waals surface area contributed by atoms with E-state index in [9.17, 15) is 0 Å². The van der Waals surface area contributed by atoms with Crippen LogP contribution in [0.3, 0.4) is 0 Å². The first-order chi connectivity index (χ1) is 10.3. The molecule has 1 aromatic carbocycles. The smallest absolute Gasteiger partial charge is 0.156 e. The molecule has 0 aliphatic heterocycles. The Morgan fingerprint density at radius 2 is 1.90 bits per heavy atom. The molecule has 0 spiro atoms. The standard InChI is InChI=1S/C16H19N5/c1-3-17-16-13-8-6-5-7-12(13)14(19-20-16)11-15-18-9-10-21(15)4-2/h5-10H,3-4,11H2,1-2H3,(H,17,20). The van der Waals surface area contributed by atoms with Crippen LogP contribution < -0.4 is 5.32 Å². The first-order valence-electron chi connectivity index (χ1n) is 7.31. The summed E-state index contributed by atoms with van der Waals surface area (Å²) in [6, 6.07) is 8.24. The molecule has 0 saturated carbocycles. The van der Waals surface area contributed by atoms with Crippen LogP contribution >= 0.6 is 0 Å².